The molecule has 23 heavy (non-hydrogen) atoms. The molecule has 0 spiro atoms. The van der Waals surface area contributed by atoms with E-state index in [9.17, 15) is 13.2 Å². The SMILES string of the molecule is Cc1cc(C)c(N(CC(=O)N2CCCCC2)S(C)(=O)=O)c(Cl)c1. The molecule has 0 unspecified atom stereocenters. The van der Waals surface area contributed by atoms with Crippen molar-refractivity contribution in [1.29, 1.82) is 0 Å². The molecule has 0 saturated carbocycles. The van der Waals surface area contributed by atoms with E-state index in [1.807, 2.05) is 13.0 Å². The van der Waals surface area contributed by atoms with Gasteiger partial charge in [0.05, 0.1) is 17.0 Å². The third-order valence-electron chi connectivity index (χ3n) is 4.04. The summed E-state index contributed by atoms with van der Waals surface area (Å²) in [5.74, 6) is -0.175. The molecule has 5 nitrogen and oxygen atoms in total. The van der Waals surface area contributed by atoms with Gasteiger partial charge in [-0.05, 0) is 50.3 Å². The molecule has 0 atom stereocenters. The second kappa shape index (κ2) is 7.09. The number of carbonyl (C=O) groups excluding carboxylic acids is 1. The van der Waals surface area contributed by atoms with E-state index >= 15 is 0 Å². The predicted octanol–water partition coefficient (Wildman–Crippen LogP) is 2.74. The summed E-state index contributed by atoms with van der Waals surface area (Å²) in [4.78, 5) is 14.2. The summed E-state index contributed by atoms with van der Waals surface area (Å²) >= 11 is 6.27. The normalized spacial score (nSPS) is 15.6. The monoisotopic (exact) mass is 358 g/mol. The lowest BCUT2D eigenvalue weighted by Crippen LogP contribution is -2.44. The van der Waals surface area contributed by atoms with Gasteiger partial charge >= 0.3 is 0 Å². The molecule has 1 heterocycles. The predicted molar refractivity (Wildman–Crippen MR) is 93.5 cm³/mol. The fourth-order valence-corrected chi connectivity index (χ4v) is 4.34. The van der Waals surface area contributed by atoms with Gasteiger partial charge in [-0.15, -0.1) is 0 Å². The average Bonchev–Trinajstić information content (AvgIpc) is 2.45. The van der Waals surface area contributed by atoms with Gasteiger partial charge in [0.25, 0.3) is 0 Å². The molecule has 2 rings (SSSR count). The van der Waals surface area contributed by atoms with Crippen LogP contribution in [0, 0.1) is 13.8 Å². The van der Waals surface area contributed by atoms with E-state index in [4.69, 9.17) is 11.6 Å². The second-order valence-corrected chi connectivity index (χ2v) is 8.44. The molecule has 1 aliphatic rings. The number of hydrogen-bond donors (Lipinski definition) is 0. The van der Waals surface area contributed by atoms with Gasteiger partial charge in [-0.3, -0.25) is 9.10 Å². The molecule has 1 amide bonds. The quantitative estimate of drug-likeness (QED) is 0.831. The number of likely N-dealkylation sites (tertiary alicyclic amines) is 1. The number of carbonyl (C=O) groups is 1. The number of aryl methyl sites for hydroxylation is 2. The molecule has 1 aliphatic heterocycles. The Morgan fingerprint density at radius 3 is 2.35 bits per heavy atom. The van der Waals surface area contributed by atoms with Crippen LogP contribution >= 0.6 is 11.6 Å². The third-order valence-corrected chi connectivity index (χ3v) is 5.44. The smallest absolute Gasteiger partial charge is 0.243 e. The molecule has 0 N–H and O–H groups in total. The average molecular weight is 359 g/mol. The van der Waals surface area contributed by atoms with E-state index in [2.05, 4.69) is 0 Å². The van der Waals surface area contributed by atoms with Crippen molar-refractivity contribution in [2.45, 2.75) is 33.1 Å². The number of rotatable bonds is 4. The fourth-order valence-electron chi connectivity index (χ4n) is 2.95. The number of hydrogen-bond acceptors (Lipinski definition) is 3. The first kappa shape index (κ1) is 18.1. The van der Waals surface area contributed by atoms with Crippen LogP contribution in [0.5, 0.6) is 0 Å². The maximum Gasteiger partial charge on any atom is 0.243 e. The molecule has 0 radical (unpaired) electrons. The topological polar surface area (TPSA) is 57.7 Å². The van der Waals surface area contributed by atoms with Gasteiger partial charge in [0.15, 0.2) is 0 Å². The Morgan fingerprint density at radius 1 is 1.22 bits per heavy atom. The van der Waals surface area contributed by atoms with Crippen LogP contribution < -0.4 is 4.31 Å². The van der Waals surface area contributed by atoms with Gasteiger partial charge in [0.2, 0.25) is 15.9 Å². The van der Waals surface area contributed by atoms with Crippen molar-refractivity contribution in [3.63, 3.8) is 0 Å². The molecule has 1 aromatic rings. The van der Waals surface area contributed by atoms with Crippen molar-refractivity contribution in [2.75, 3.05) is 30.2 Å². The van der Waals surface area contributed by atoms with Crippen LogP contribution in [0.3, 0.4) is 0 Å². The largest absolute Gasteiger partial charge is 0.341 e. The van der Waals surface area contributed by atoms with Crippen molar-refractivity contribution in [3.8, 4) is 0 Å². The lowest BCUT2D eigenvalue weighted by atomic mass is 10.1. The van der Waals surface area contributed by atoms with E-state index in [0.29, 0.717) is 23.8 Å². The van der Waals surface area contributed by atoms with Crippen molar-refractivity contribution in [3.05, 3.63) is 28.3 Å². The Labute approximate surface area is 143 Å². The highest BCUT2D eigenvalue weighted by Crippen LogP contribution is 2.32. The third kappa shape index (κ3) is 4.38. The minimum atomic E-state index is -3.61. The maximum atomic E-state index is 12.5. The van der Waals surface area contributed by atoms with Gasteiger partial charge in [-0.2, -0.15) is 0 Å². The van der Waals surface area contributed by atoms with Gasteiger partial charge in [0, 0.05) is 13.1 Å². The molecule has 1 fully saturated rings. The molecular formula is C16H23ClN2O3S. The lowest BCUT2D eigenvalue weighted by molar-refractivity contribution is -0.130. The van der Waals surface area contributed by atoms with Crippen LogP contribution in [0.2, 0.25) is 5.02 Å². The summed E-state index contributed by atoms with van der Waals surface area (Å²) in [6.45, 7) is 4.88. The van der Waals surface area contributed by atoms with Gasteiger partial charge in [-0.25, -0.2) is 8.42 Å². The number of sulfonamides is 1. The molecule has 1 aromatic carbocycles. The molecule has 0 aliphatic carbocycles. The van der Waals surface area contributed by atoms with Gasteiger partial charge < -0.3 is 4.90 Å². The highest BCUT2D eigenvalue weighted by molar-refractivity contribution is 7.92. The maximum absolute atomic E-state index is 12.5. The van der Waals surface area contributed by atoms with Crippen LogP contribution in [-0.2, 0) is 14.8 Å². The number of anilines is 1. The van der Waals surface area contributed by atoms with Gasteiger partial charge in [0.1, 0.15) is 6.54 Å². The van der Waals surface area contributed by atoms with E-state index in [1.165, 1.54) is 0 Å². The number of amides is 1. The summed E-state index contributed by atoms with van der Waals surface area (Å²) in [7, 11) is -3.61. The molecule has 0 aromatic heterocycles. The van der Waals surface area contributed by atoms with Crippen LogP contribution in [0.1, 0.15) is 30.4 Å². The van der Waals surface area contributed by atoms with Crippen LogP contribution in [0.4, 0.5) is 5.69 Å². The Balaban J connectivity index is 2.34. The minimum absolute atomic E-state index is 0.175. The van der Waals surface area contributed by atoms with E-state index in [0.717, 1.165) is 41.0 Å². The van der Waals surface area contributed by atoms with Crippen molar-refractivity contribution >= 4 is 33.2 Å². The standard InChI is InChI=1S/C16H23ClN2O3S/c1-12-9-13(2)16(14(17)10-12)19(23(3,21)22)11-15(20)18-7-5-4-6-8-18/h9-10H,4-8,11H2,1-3H3. The second-order valence-electron chi connectivity index (χ2n) is 6.12. The number of nitrogens with zero attached hydrogens (tertiary/aromatic N) is 2. The highest BCUT2D eigenvalue weighted by Gasteiger charge is 2.27. The van der Waals surface area contributed by atoms with E-state index < -0.39 is 10.0 Å². The van der Waals surface area contributed by atoms with Crippen LogP contribution in [0.25, 0.3) is 0 Å². The molecule has 128 valence electrons. The Morgan fingerprint density at radius 2 is 1.83 bits per heavy atom. The van der Waals surface area contributed by atoms with E-state index in [1.54, 1.807) is 17.9 Å². The molecule has 0 bridgehead atoms. The zero-order valence-corrected chi connectivity index (χ0v) is 15.4. The number of halogens is 1. The van der Waals surface area contributed by atoms with Crippen molar-refractivity contribution in [2.24, 2.45) is 0 Å². The molecule has 1 saturated heterocycles. The van der Waals surface area contributed by atoms with Crippen LogP contribution in [-0.4, -0.2) is 45.1 Å². The first-order chi connectivity index (χ1) is 10.7. The van der Waals surface area contributed by atoms with Crippen LogP contribution in [0.15, 0.2) is 12.1 Å². The Kier molecular flexibility index (Phi) is 5.57. The summed E-state index contributed by atoms with van der Waals surface area (Å²) in [5.41, 5.74) is 2.09. The number of piperidine rings is 1. The number of benzene rings is 1. The molecular weight excluding hydrogens is 336 g/mol. The van der Waals surface area contributed by atoms with Crippen molar-refractivity contribution < 1.29 is 13.2 Å². The fraction of sp³-hybridized carbons (Fsp3) is 0.562. The van der Waals surface area contributed by atoms with Crippen molar-refractivity contribution in [1.82, 2.24) is 4.90 Å². The van der Waals surface area contributed by atoms with Gasteiger partial charge in [-0.1, -0.05) is 17.7 Å². The van der Waals surface area contributed by atoms with E-state index in [-0.39, 0.29) is 12.5 Å². The molecule has 7 heteroatoms. The summed E-state index contributed by atoms with van der Waals surface area (Å²) in [5, 5.41) is 0.347. The Bertz CT molecular complexity index is 674. The lowest BCUT2D eigenvalue weighted by Gasteiger charge is -2.31. The summed E-state index contributed by atoms with van der Waals surface area (Å²) in [6.07, 6.45) is 4.15. The first-order valence-electron chi connectivity index (χ1n) is 7.72. The Hall–Kier alpha value is -1.27. The highest BCUT2D eigenvalue weighted by atomic mass is 35.5. The zero-order valence-electron chi connectivity index (χ0n) is 13.8. The summed E-state index contributed by atoms with van der Waals surface area (Å²) < 4.78 is 25.6. The summed E-state index contributed by atoms with van der Waals surface area (Å²) in [6, 6.07) is 3.58. The minimum Gasteiger partial charge on any atom is -0.341 e. The zero-order chi connectivity index (χ0) is 17.2. The first-order valence-corrected chi connectivity index (χ1v) is 9.95.